The van der Waals surface area contributed by atoms with Crippen molar-refractivity contribution >= 4 is 63.5 Å². The van der Waals surface area contributed by atoms with Crippen molar-refractivity contribution in [3.8, 4) is 11.4 Å². The van der Waals surface area contributed by atoms with Gasteiger partial charge in [-0.3, -0.25) is 14.9 Å². The Morgan fingerprint density at radius 1 is 1.21 bits per heavy atom. The summed E-state index contributed by atoms with van der Waals surface area (Å²) in [6.07, 6.45) is 1.78. The molecule has 0 aliphatic carbocycles. The molecule has 2 heterocycles. The number of nitro benzene ring substituents is 1. The molecule has 1 aliphatic rings. The molecule has 1 aliphatic heterocycles. The Morgan fingerprint density at radius 3 is 2.68 bits per heavy atom. The van der Waals surface area contributed by atoms with E-state index in [1.807, 2.05) is 24.5 Å². The van der Waals surface area contributed by atoms with E-state index in [0.717, 1.165) is 17.0 Å². The van der Waals surface area contributed by atoms with Crippen LogP contribution >= 0.6 is 35.0 Å². The van der Waals surface area contributed by atoms with Crippen LogP contribution in [0.4, 0.5) is 11.4 Å². The van der Waals surface area contributed by atoms with E-state index in [0.29, 0.717) is 37.2 Å². The van der Waals surface area contributed by atoms with Gasteiger partial charge in [-0.15, -0.1) is 0 Å². The zero-order chi connectivity index (χ0) is 24.6. The lowest BCUT2D eigenvalue weighted by Gasteiger charge is -2.13. The van der Waals surface area contributed by atoms with E-state index in [1.165, 1.54) is 31.0 Å². The van der Waals surface area contributed by atoms with Gasteiger partial charge < -0.3 is 14.6 Å². The first-order chi connectivity index (χ1) is 16.2. The molecule has 0 atom stereocenters. The molecule has 1 aromatic heterocycles. The lowest BCUT2D eigenvalue weighted by molar-refractivity contribution is -0.384. The number of nitro groups is 1. The van der Waals surface area contributed by atoms with Crippen molar-refractivity contribution in [1.82, 2.24) is 9.88 Å². The van der Waals surface area contributed by atoms with E-state index in [4.69, 9.17) is 27.9 Å². The minimum atomic E-state index is -0.469. The fraction of sp³-hybridized carbons (Fsp3) is 0.130. The Balaban J connectivity index is 1.68. The van der Waals surface area contributed by atoms with Crippen molar-refractivity contribution in [2.75, 3.05) is 7.11 Å². The number of non-ortho nitro benzene ring substituents is 1. The van der Waals surface area contributed by atoms with E-state index in [-0.39, 0.29) is 11.6 Å². The number of hydrogen-bond acceptors (Lipinski definition) is 6. The number of aryl methyl sites for hydroxylation is 1. The Kier molecular flexibility index (Phi) is 6.70. The quantitative estimate of drug-likeness (QED) is 0.247. The van der Waals surface area contributed by atoms with Gasteiger partial charge in [0.15, 0.2) is 5.17 Å². The van der Waals surface area contributed by atoms with E-state index >= 15 is 0 Å². The van der Waals surface area contributed by atoms with Gasteiger partial charge in [0.05, 0.1) is 44.4 Å². The number of nitrogens with zero attached hydrogens (tertiary/aromatic N) is 3. The molecule has 4 rings (SSSR count). The van der Waals surface area contributed by atoms with Crippen molar-refractivity contribution < 1.29 is 14.5 Å². The number of aromatic nitrogens is 1. The van der Waals surface area contributed by atoms with Crippen LogP contribution in [0.15, 0.2) is 52.4 Å². The van der Waals surface area contributed by atoms with Crippen LogP contribution in [0.5, 0.6) is 5.75 Å². The molecule has 0 saturated carbocycles. The third-order valence-electron chi connectivity index (χ3n) is 5.18. The topological polar surface area (TPSA) is 98.8 Å². The fourth-order valence-corrected chi connectivity index (χ4v) is 4.74. The first-order valence-electron chi connectivity index (χ1n) is 9.95. The van der Waals surface area contributed by atoms with Crippen LogP contribution in [0.2, 0.25) is 10.0 Å². The highest BCUT2D eigenvalue weighted by Gasteiger charge is 2.25. The number of benzene rings is 2. The predicted octanol–water partition coefficient (Wildman–Crippen LogP) is 6.21. The molecule has 8 nitrogen and oxygen atoms in total. The van der Waals surface area contributed by atoms with Gasteiger partial charge in [-0.2, -0.15) is 0 Å². The average molecular weight is 517 g/mol. The normalized spacial score (nSPS) is 15.7. The third-order valence-corrected chi connectivity index (χ3v) is 6.89. The van der Waals surface area contributed by atoms with Crippen molar-refractivity contribution in [3.63, 3.8) is 0 Å². The molecule has 174 valence electrons. The maximum Gasteiger partial charge on any atom is 0.273 e. The zero-order valence-corrected chi connectivity index (χ0v) is 20.6. The summed E-state index contributed by atoms with van der Waals surface area (Å²) in [5.41, 5.74) is 3.60. The number of halogens is 2. The number of hydrogen-bond donors (Lipinski definition) is 1. The summed E-state index contributed by atoms with van der Waals surface area (Å²) < 4.78 is 7.33. The molecule has 1 amide bonds. The van der Waals surface area contributed by atoms with Crippen LogP contribution in [0.3, 0.4) is 0 Å². The zero-order valence-electron chi connectivity index (χ0n) is 18.3. The Labute approximate surface area is 209 Å². The van der Waals surface area contributed by atoms with E-state index < -0.39 is 4.92 Å². The summed E-state index contributed by atoms with van der Waals surface area (Å²) in [4.78, 5) is 28.1. The summed E-state index contributed by atoms with van der Waals surface area (Å²) in [6.45, 7) is 3.81. The second kappa shape index (κ2) is 9.54. The number of nitrogens with one attached hydrogen (secondary N) is 1. The molecule has 11 heteroatoms. The SMILES string of the molecule is COc1cc([N+](=O)[O-])ccc1-n1c(C)cc(/C=C2/SC(=Nc3cccc(Cl)c3Cl)NC2=O)c1C. The van der Waals surface area contributed by atoms with Gasteiger partial charge in [-0.05, 0) is 61.5 Å². The standard InChI is InChI=1S/C23H18Cl2N4O4S/c1-12-9-14(13(2)28(12)18-8-7-15(29(31)32)11-19(18)33-3)10-20-22(30)27-23(34-20)26-17-6-4-5-16(24)21(17)25/h4-11H,1-3H3,(H,26,27,30)/b20-10+. The van der Waals surface area contributed by atoms with Crippen LogP contribution in [0.25, 0.3) is 11.8 Å². The van der Waals surface area contributed by atoms with Crippen LogP contribution in [-0.2, 0) is 4.79 Å². The second-order valence-electron chi connectivity index (χ2n) is 7.33. The molecule has 2 aromatic carbocycles. The molecule has 0 radical (unpaired) electrons. The van der Waals surface area contributed by atoms with Crippen LogP contribution in [0.1, 0.15) is 17.0 Å². The van der Waals surface area contributed by atoms with Gasteiger partial charge in [0.2, 0.25) is 0 Å². The molecule has 1 fully saturated rings. The number of rotatable bonds is 5. The predicted molar refractivity (Wildman–Crippen MR) is 136 cm³/mol. The molecule has 34 heavy (non-hydrogen) atoms. The van der Waals surface area contributed by atoms with E-state index in [2.05, 4.69) is 10.3 Å². The average Bonchev–Trinajstić information content (AvgIpc) is 3.28. The number of amides is 1. The number of aliphatic imine (C=N–C) groups is 1. The molecular formula is C23H18Cl2N4O4S. The van der Waals surface area contributed by atoms with Gasteiger partial charge in [-0.25, -0.2) is 4.99 Å². The number of amidine groups is 1. The lowest BCUT2D eigenvalue weighted by Crippen LogP contribution is -2.19. The molecule has 0 spiro atoms. The number of carbonyl (C=O) groups is 1. The maximum atomic E-state index is 12.6. The highest BCUT2D eigenvalue weighted by Crippen LogP contribution is 2.36. The maximum absolute atomic E-state index is 12.6. The van der Waals surface area contributed by atoms with Crippen molar-refractivity contribution in [3.05, 3.63) is 84.5 Å². The second-order valence-corrected chi connectivity index (χ2v) is 9.15. The fourth-order valence-electron chi connectivity index (χ4n) is 3.58. The van der Waals surface area contributed by atoms with Crippen LogP contribution in [-0.4, -0.2) is 27.7 Å². The molecule has 1 saturated heterocycles. The molecule has 1 N–H and O–H groups in total. The summed E-state index contributed by atoms with van der Waals surface area (Å²) in [5, 5.41) is 15.0. The van der Waals surface area contributed by atoms with Crippen molar-refractivity contribution in [1.29, 1.82) is 0 Å². The molecule has 3 aromatic rings. The summed E-state index contributed by atoms with van der Waals surface area (Å²) in [5.74, 6) is 0.0932. The Hall–Kier alpha value is -3.27. The van der Waals surface area contributed by atoms with Crippen LogP contribution < -0.4 is 10.1 Å². The van der Waals surface area contributed by atoms with E-state index in [9.17, 15) is 14.9 Å². The molecule has 0 unspecified atom stereocenters. The number of carbonyl (C=O) groups excluding carboxylic acids is 1. The first kappa shape index (κ1) is 23.9. The minimum Gasteiger partial charge on any atom is -0.494 e. The third kappa shape index (κ3) is 4.54. The molecular weight excluding hydrogens is 499 g/mol. The first-order valence-corrected chi connectivity index (χ1v) is 11.5. The monoisotopic (exact) mass is 516 g/mol. The Morgan fingerprint density at radius 2 is 1.97 bits per heavy atom. The molecule has 0 bridgehead atoms. The van der Waals surface area contributed by atoms with Crippen LogP contribution in [0, 0.1) is 24.0 Å². The lowest BCUT2D eigenvalue weighted by atomic mass is 10.2. The minimum absolute atomic E-state index is 0.0592. The summed E-state index contributed by atoms with van der Waals surface area (Å²) in [6, 6.07) is 11.5. The smallest absolute Gasteiger partial charge is 0.273 e. The van der Waals surface area contributed by atoms with Crippen molar-refractivity contribution in [2.45, 2.75) is 13.8 Å². The highest BCUT2D eigenvalue weighted by molar-refractivity contribution is 8.18. The number of thioether (sulfide) groups is 1. The largest absolute Gasteiger partial charge is 0.494 e. The van der Waals surface area contributed by atoms with Gasteiger partial charge >= 0.3 is 0 Å². The summed E-state index contributed by atoms with van der Waals surface area (Å²) in [7, 11) is 1.46. The van der Waals surface area contributed by atoms with Gasteiger partial charge in [0.25, 0.3) is 11.6 Å². The number of ether oxygens (including phenoxy) is 1. The highest BCUT2D eigenvalue weighted by atomic mass is 35.5. The van der Waals surface area contributed by atoms with Crippen molar-refractivity contribution in [2.24, 2.45) is 4.99 Å². The number of methoxy groups -OCH3 is 1. The van der Waals surface area contributed by atoms with Gasteiger partial charge in [0.1, 0.15) is 5.75 Å². The van der Waals surface area contributed by atoms with Gasteiger partial charge in [-0.1, -0.05) is 29.3 Å². The Bertz CT molecular complexity index is 1400. The summed E-state index contributed by atoms with van der Waals surface area (Å²) >= 11 is 13.4. The van der Waals surface area contributed by atoms with E-state index in [1.54, 1.807) is 30.3 Å². The van der Waals surface area contributed by atoms with Gasteiger partial charge in [0, 0.05) is 17.5 Å².